The van der Waals surface area contributed by atoms with Crippen LogP contribution in [0.5, 0.6) is 0 Å². The van der Waals surface area contributed by atoms with E-state index in [4.69, 9.17) is 0 Å². The van der Waals surface area contributed by atoms with Gasteiger partial charge in [-0.15, -0.1) is 0 Å². The maximum Gasteiger partial charge on any atom is 0.315 e. The Kier molecular flexibility index (Phi) is 4.34. The van der Waals surface area contributed by atoms with Crippen molar-refractivity contribution in [2.45, 2.75) is 26.8 Å². The van der Waals surface area contributed by atoms with Crippen molar-refractivity contribution in [3.05, 3.63) is 29.6 Å². The molecule has 1 rings (SSSR count). The zero-order valence-corrected chi connectivity index (χ0v) is 9.28. The van der Waals surface area contributed by atoms with Gasteiger partial charge in [-0.05, 0) is 26.0 Å². The number of rotatable bonds is 4. The van der Waals surface area contributed by atoms with Gasteiger partial charge < -0.3 is 4.90 Å². The van der Waals surface area contributed by atoms with Crippen LogP contribution >= 0.6 is 0 Å². The number of nitrogens with zero attached hydrogens (tertiary/aromatic N) is 2. The van der Waals surface area contributed by atoms with Crippen LogP contribution in [0.4, 0.5) is 8.78 Å². The number of alkyl halides is 2. The molecule has 1 aromatic rings. The average Bonchev–Trinajstić information content (AvgIpc) is 2.25. The third-order valence-corrected chi connectivity index (χ3v) is 2.18. The Hall–Kier alpha value is -1.52. The van der Waals surface area contributed by atoms with E-state index in [1.807, 2.05) is 13.0 Å². The Labute approximate surface area is 93.1 Å². The second-order valence-electron chi connectivity index (χ2n) is 3.42. The largest absolute Gasteiger partial charge is 0.332 e. The zero-order valence-electron chi connectivity index (χ0n) is 9.28. The highest BCUT2D eigenvalue weighted by Crippen LogP contribution is 2.07. The lowest BCUT2D eigenvalue weighted by Gasteiger charge is -2.19. The molecule has 5 heteroatoms. The Bertz CT molecular complexity index is 369. The van der Waals surface area contributed by atoms with E-state index in [9.17, 15) is 13.6 Å². The second kappa shape index (κ2) is 5.53. The molecule has 0 N–H and O–H groups in total. The summed E-state index contributed by atoms with van der Waals surface area (Å²) in [6, 6.07) is 5.32. The molecule has 0 bridgehead atoms. The predicted octanol–water partition coefficient (Wildman–Crippen LogP) is 2.00. The molecule has 88 valence electrons. The minimum atomic E-state index is -2.95. The van der Waals surface area contributed by atoms with Crippen molar-refractivity contribution < 1.29 is 13.6 Å². The van der Waals surface area contributed by atoms with Crippen LogP contribution in [0, 0.1) is 6.92 Å². The molecule has 0 unspecified atom stereocenters. The van der Waals surface area contributed by atoms with E-state index < -0.39 is 12.3 Å². The van der Waals surface area contributed by atoms with E-state index in [0.717, 1.165) is 10.6 Å². The summed E-state index contributed by atoms with van der Waals surface area (Å²) >= 11 is 0. The van der Waals surface area contributed by atoms with Gasteiger partial charge in [-0.1, -0.05) is 6.07 Å². The summed E-state index contributed by atoms with van der Waals surface area (Å²) in [5.41, 5.74) is 1.42. The third-order valence-electron chi connectivity index (χ3n) is 2.18. The number of pyridine rings is 1. The second-order valence-corrected chi connectivity index (χ2v) is 3.42. The first kappa shape index (κ1) is 12.5. The van der Waals surface area contributed by atoms with Gasteiger partial charge in [0.25, 0.3) is 5.91 Å². The normalized spacial score (nSPS) is 10.6. The minimum absolute atomic E-state index is 0.126. The highest BCUT2D eigenvalue weighted by atomic mass is 19.3. The lowest BCUT2D eigenvalue weighted by atomic mass is 10.3. The van der Waals surface area contributed by atoms with Crippen molar-refractivity contribution in [2.75, 3.05) is 6.54 Å². The number of hydrogen-bond acceptors (Lipinski definition) is 2. The van der Waals surface area contributed by atoms with E-state index in [1.165, 1.54) is 0 Å². The average molecular weight is 228 g/mol. The van der Waals surface area contributed by atoms with Crippen LogP contribution < -0.4 is 0 Å². The van der Waals surface area contributed by atoms with Crippen LogP contribution in [0.25, 0.3) is 0 Å². The lowest BCUT2D eigenvalue weighted by Crippen LogP contribution is -2.35. The molecule has 0 saturated heterocycles. The molecule has 0 spiro atoms. The molecule has 1 heterocycles. The topological polar surface area (TPSA) is 33.2 Å². The molecule has 0 atom stereocenters. The first-order valence-corrected chi connectivity index (χ1v) is 5.04. The number of hydrogen-bond donors (Lipinski definition) is 0. The molecular formula is C11H14F2N2O. The SMILES string of the molecule is CCN(Cc1cccc(C)n1)C(=O)C(F)F. The summed E-state index contributed by atoms with van der Waals surface area (Å²) in [5, 5.41) is 0. The highest BCUT2D eigenvalue weighted by Gasteiger charge is 2.22. The standard InChI is InChI=1S/C11H14F2N2O/c1-3-15(11(16)10(12)13)7-9-6-4-5-8(2)14-9/h4-6,10H,3,7H2,1-2H3. The molecule has 0 radical (unpaired) electrons. The fourth-order valence-electron chi connectivity index (χ4n) is 1.37. The smallest absolute Gasteiger partial charge is 0.315 e. The molecule has 0 aliphatic carbocycles. The summed E-state index contributed by atoms with van der Waals surface area (Å²) in [6.07, 6.45) is -2.95. The molecule has 16 heavy (non-hydrogen) atoms. The first-order chi connectivity index (χ1) is 7.54. The fraction of sp³-hybridized carbons (Fsp3) is 0.455. The molecular weight excluding hydrogens is 214 g/mol. The monoisotopic (exact) mass is 228 g/mol. The number of halogens is 2. The van der Waals surface area contributed by atoms with Crippen molar-refractivity contribution in [3.8, 4) is 0 Å². The summed E-state index contributed by atoms with van der Waals surface area (Å²) in [6.45, 7) is 3.85. The van der Waals surface area contributed by atoms with Gasteiger partial charge >= 0.3 is 6.43 Å². The Morgan fingerprint density at radius 1 is 1.50 bits per heavy atom. The number of aryl methyl sites for hydroxylation is 1. The third kappa shape index (κ3) is 3.25. The molecule has 0 fully saturated rings. The van der Waals surface area contributed by atoms with E-state index in [1.54, 1.807) is 19.1 Å². The molecule has 1 aromatic heterocycles. The summed E-state index contributed by atoms with van der Waals surface area (Å²) in [4.78, 5) is 16.4. The fourth-order valence-corrected chi connectivity index (χ4v) is 1.37. The predicted molar refractivity (Wildman–Crippen MR) is 56.1 cm³/mol. The molecule has 0 aliphatic heterocycles. The maximum atomic E-state index is 12.2. The zero-order chi connectivity index (χ0) is 12.1. The summed E-state index contributed by atoms with van der Waals surface area (Å²) in [7, 11) is 0. The van der Waals surface area contributed by atoms with Crippen molar-refractivity contribution in [1.82, 2.24) is 9.88 Å². The van der Waals surface area contributed by atoms with E-state index in [2.05, 4.69) is 4.98 Å². The Balaban J connectivity index is 2.74. The van der Waals surface area contributed by atoms with E-state index in [-0.39, 0.29) is 13.1 Å². The Morgan fingerprint density at radius 2 is 2.19 bits per heavy atom. The Morgan fingerprint density at radius 3 is 2.69 bits per heavy atom. The van der Waals surface area contributed by atoms with Gasteiger partial charge in [0.15, 0.2) is 0 Å². The highest BCUT2D eigenvalue weighted by molar-refractivity contribution is 5.79. The van der Waals surface area contributed by atoms with E-state index >= 15 is 0 Å². The van der Waals surface area contributed by atoms with Gasteiger partial charge in [-0.2, -0.15) is 8.78 Å². The van der Waals surface area contributed by atoms with Gasteiger partial charge in [0.05, 0.1) is 12.2 Å². The van der Waals surface area contributed by atoms with Crippen molar-refractivity contribution in [1.29, 1.82) is 0 Å². The summed E-state index contributed by atoms with van der Waals surface area (Å²) < 4.78 is 24.5. The maximum absolute atomic E-state index is 12.2. The molecule has 0 aliphatic rings. The van der Waals surface area contributed by atoms with Gasteiger partial charge in [-0.25, -0.2) is 0 Å². The number of amides is 1. The van der Waals surface area contributed by atoms with E-state index in [0.29, 0.717) is 5.69 Å². The van der Waals surface area contributed by atoms with Crippen molar-refractivity contribution in [3.63, 3.8) is 0 Å². The van der Waals surface area contributed by atoms with Crippen LogP contribution in [0.1, 0.15) is 18.3 Å². The molecule has 0 saturated carbocycles. The van der Waals surface area contributed by atoms with Crippen molar-refractivity contribution in [2.24, 2.45) is 0 Å². The van der Waals surface area contributed by atoms with Crippen LogP contribution in [0.2, 0.25) is 0 Å². The van der Waals surface area contributed by atoms with Crippen LogP contribution in [0.3, 0.4) is 0 Å². The number of carbonyl (C=O) groups excluding carboxylic acids is 1. The van der Waals surface area contributed by atoms with Gasteiger partial charge in [-0.3, -0.25) is 9.78 Å². The minimum Gasteiger partial charge on any atom is -0.332 e. The number of aromatic nitrogens is 1. The summed E-state index contributed by atoms with van der Waals surface area (Å²) in [5.74, 6) is -1.15. The van der Waals surface area contributed by atoms with Crippen LogP contribution in [0.15, 0.2) is 18.2 Å². The van der Waals surface area contributed by atoms with Crippen molar-refractivity contribution >= 4 is 5.91 Å². The van der Waals surface area contributed by atoms with Crippen LogP contribution in [-0.2, 0) is 11.3 Å². The van der Waals surface area contributed by atoms with Gasteiger partial charge in [0, 0.05) is 12.2 Å². The van der Waals surface area contributed by atoms with Crippen LogP contribution in [-0.4, -0.2) is 28.8 Å². The molecule has 1 amide bonds. The molecule has 0 aromatic carbocycles. The van der Waals surface area contributed by atoms with Gasteiger partial charge in [0.2, 0.25) is 0 Å². The quantitative estimate of drug-likeness (QED) is 0.789. The molecule has 3 nitrogen and oxygen atoms in total. The number of carbonyl (C=O) groups is 1. The first-order valence-electron chi connectivity index (χ1n) is 5.04. The lowest BCUT2D eigenvalue weighted by molar-refractivity contribution is -0.143. The van der Waals surface area contributed by atoms with Gasteiger partial charge in [0.1, 0.15) is 0 Å².